The van der Waals surface area contributed by atoms with Crippen LogP contribution in [0.3, 0.4) is 0 Å². The topological polar surface area (TPSA) is 0 Å². The van der Waals surface area contributed by atoms with Gasteiger partial charge in [0.15, 0.2) is 0 Å². The molecule has 0 N–H and O–H groups in total. The molecule has 0 aromatic carbocycles. The average Bonchev–Trinajstić information content (AvgIpc) is 2.70. The summed E-state index contributed by atoms with van der Waals surface area (Å²) in [6.07, 6.45) is 7.78. The standard InChI is InChI=1S/C12H19ClS/c1-2-3-4-5-6-8-11(13)12-9-7-10-14-12/h7,9-11H,2-6,8H2,1H3. The minimum atomic E-state index is 0.247. The first kappa shape index (κ1) is 12.1. The van der Waals surface area contributed by atoms with E-state index in [-0.39, 0.29) is 5.38 Å². The highest BCUT2D eigenvalue weighted by atomic mass is 35.5. The summed E-state index contributed by atoms with van der Waals surface area (Å²) >= 11 is 8.04. The molecule has 0 aliphatic heterocycles. The van der Waals surface area contributed by atoms with Crippen molar-refractivity contribution in [3.63, 3.8) is 0 Å². The van der Waals surface area contributed by atoms with Gasteiger partial charge in [-0.1, -0.05) is 45.1 Å². The van der Waals surface area contributed by atoms with Crippen molar-refractivity contribution >= 4 is 22.9 Å². The number of alkyl halides is 1. The van der Waals surface area contributed by atoms with E-state index >= 15 is 0 Å². The van der Waals surface area contributed by atoms with Gasteiger partial charge in [-0.2, -0.15) is 0 Å². The number of hydrogen-bond acceptors (Lipinski definition) is 1. The molecule has 1 heterocycles. The Labute approximate surface area is 96.3 Å². The minimum Gasteiger partial charge on any atom is -0.147 e. The molecular weight excluding hydrogens is 212 g/mol. The fourth-order valence-electron chi connectivity index (χ4n) is 1.54. The zero-order chi connectivity index (χ0) is 10.2. The van der Waals surface area contributed by atoms with Gasteiger partial charge in [-0.3, -0.25) is 0 Å². The van der Waals surface area contributed by atoms with E-state index in [0.29, 0.717) is 0 Å². The van der Waals surface area contributed by atoms with Crippen molar-refractivity contribution in [1.82, 2.24) is 0 Å². The lowest BCUT2D eigenvalue weighted by atomic mass is 10.1. The molecule has 0 amide bonds. The van der Waals surface area contributed by atoms with Crippen LogP contribution in [0, 0.1) is 0 Å². The van der Waals surface area contributed by atoms with Gasteiger partial charge < -0.3 is 0 Å². The van der Waals surface area contributed by atoms with Crippen molar-refractivity contribution in [3.05, 3.63) is 22.4 Å². The first-order valence-electron chi connectivity index (χ1n) is 5.52. The molecule has 0 aliphatic rings. The lowest BCUT2D eigenvalue weighted by Crippen LogP contribution is -1.87. The minimum absolute atomic E-state index is 0.247. The summed E-state index contributed by atoms with van der Waals surface area (Å²) in [6.45, 7) is 2.25. The van der Waals surface area contributed by atoms with Gasteiger partial charge in [0.25, 0.3) is 0 Å². The monoisotopic (exact) mass is 230 g/mol. The van der Waals surface area contributed by atoms with E-state index in [1.165, 1.54) is 37.0 Å². The quantitative estimate of drug-likeness (QED) is 0.435. The van der Waals surface area contributed by atoms with E-state index in [1.807, 2.05) is 0 Å². The molecular formula is C12H19ClS. The van der Waals surface area contributed by atoms with Crippen molar-refractivity contribution in [2.75, 3.05) is 0 Å². The number of hydrogen-bond donors (Lipinski definition) is 0. The molecule has 2 heteroatoms. The largest absolute Gasteiger partial charge is 0.147 e. The van der Waals surface area contributed by atoms with Crippen LogP contribution in [0.1, 0.15) is 55.7 Å². The molecule has 0 fully saturated rings. The second-order valence-electron chi connectivity index (χ2n) is 3.69. The van der Waals surface area contributed by atoms with Crippen molar-refractivity contribution in [2.45, 2.75) is 50.8 Å². The van der Waals surface area contributed by atoms with Crippen LogP contribution in [-0.4, -0.2) is 0 Å². The molecule has 80 valence electrons. The molecule has 1 atom stereocenters. The van der Waals surface area contributed by atoms with Gasteiger partial charge in [-0.25, -0.2) is 0 Å². The summed E-state index contributed by atoms with van der Waals surface area (Å²) in [4.78, 5) is 1.32. The Morgan fingerprint density at radius 2 is 2.07 bits per heavy atom. The lowest BCUT2D eigenvalue weighted by molar-refractivity contribution is 0.603. The van der Waals surface area contributed by atoms with E-state index < -0.39 is 0 Å². The van der Waals surface area contributed by atoms with E-state index in [2.05, 4.69) is 24.4 Å². The second kappa shape index (κ2) is 7.30. The second-order valence-corrected chi connectivity index (χ2v) is 5.19. The summed E-state index contributed by atoms with van der Waals surface area (Å²) < 4.78 is 0. The maximum absolute atomic E-state index is 6.27. The predicted octanol–water partition coefficient (Wildman–Crippen LogP) is 5.39. The zero-order valence-electron chi connectivity index (χ0n) is 8.84. The average molecular weight is 231 g/mol. The molecule has 1 aromatic heterocycles. The summed E-state index contributed by atoms with van der Waals surface area (Å²) in [5.41, 5.74) is 0. The highest BCUT2D eigenvalue weighted by Gasteiger charge is 2.07. The first-order valence-corrected chi connectivity index (χ1v) is 6.83. The molecule has 0 nitrogen and oxygen atoms in total. The van der Waals surface area contributed by atoms with Crippen LogP contribution < -0.4 is 0 Å². The van der Waals surface area contributed by atoms with Gasteiger partial charge in [0.1, 0.15) is 0 Å². The van der Waals surface area contributed by atoms with Gasteiger partial charge >= 0.3 is 0 Å². The molecule has 1 rings (SSSR count). The lowest BCUT2D eigenvalue weighted by Gasteiger charge is -2.06. The highest BCUT2D eigenvalue weighted by Crippen LogP contribution is 2.29. The third-order valence-corrected chi connectivity index (χ3v) is 3.98. The third-order valence-electron chi connectivity index (χ3n) is 2.41. The fraction of sp³-hybridized carbons (Fsp3) is 0.667. The van der Waals surface area contributed by atoms with Gasteiger partial charge in [0.2, 0.25) is 0 Å². The Bertz CT molecular complexity index is 218. The predicted molar refractivity (Wildman–Crippen MR) is 66.3 cm³/mol. The maximum atomic E-state index is 6.27. The van der Waals surface area contributed by atoms with E-state index in [9.17, 15) is 0 Å². The van der Waals surface area contributed by atoms with Gasteiger partial charge in [0, 0.05) is 4.88 Å². The number of thiophene rings is 1. The Hall–Kier alpha value is -0.0100. The van der Waals surface area contributed by atoms with Crippen LogP contribution in [0.5, 0.6) is 0 Å². The Balaban J connectivity index is 2.07. The Morgan fingerprint density at radius 3 is 2.71 bits per heavy atom. The Morgan fingerprint density at radius 1 is 1.29 bits per heavy atom. The summed E-state index contributed by atoms with van der Waals surface area (Å²) in [5, 5.41) is 2.35. The number of unbranched alkanes of at least 4 members (excludes halogenated alkanes) is 4. The molecule has 0 saturated carbocycles. The van der Waals surface area contributed by atoms with Crippen molar-refractivity contribution in [1.29, 1.82) is 0 Å². The molecule has 0 bridgehead atoms. The maximum Gasteiger partial charge on any atom is 0.0678 e. The van der Waals surface area contributed by atoms with Gasteiger partial charge in [-0.05, 0) is 17.9 Å². The smallest absolute Gasteiger partial charge is 0.0678 e. The summed E-state index contributed by atoms with van der Waals surface area (Å²) in [7, 11) is 0. The van der Waals surface area contributed by atoms with Crippen LogP contribution in [-0.2, 0) is 0 Å². The first-order chi connectivity index (χ1) is 6.84. The molecule has 1 unspecified atom stereocenters. The molecule has 0 saturated heterocycles. The summed E-state index contributed by atoms with van der Waals surface area (Å²) in [5.74, 6) is 0. The molecule has 14 heavy (non-hydrogen) atoms. The van der Waals surface area contributed by atoms with Crippen molar-refractivity contribution < 1.29 is 0 Å². The van der Waals surface area contributed by atoms with Crippen molar-refractivity contribution in [3.8, 4) is 0 Å². The van der Waals surface area contributed by atoms with Crippen LogP contribution >= 0.6 is 22.9 Å². The van der Waals surface area contributed by atoms with E-state index in [1.54, 1.807) is 11.3 Å². The number of halogens is 1. The van der Waals surface area contributed by atoms with Crippen LogP contribution in [0.25, 0.3) is 0 Å². The normalized spacial score (nSPS) is 13.0. The highest BCUT2D eigenvalue weighted by molar-refractivity contribution is 7.10. The fourth-order valence-corrected chi connectivity index (χ4v) is 2.66. The molecule has 0 radical (unpaired) electrons. The molecule has 0 aliphatic carbocycles. The Kier molecular flexibility index (Phi) is 6.29. The van der Waals surface area contributed by atoms with Crippen LogP contribution in [0.4, 0.5) is 0 Å². The SMILES string of the molecule is CCCCCCCC(Cl)c1cccs1. The summed E-state index contributed by atoms with van der Waals surface area (Å²) in [6, 6.07) is 4.21. The number of rotatable bonds is 7. The molecule has 1 aromatic rings. The zero-order valence-corrected chi connectivity index (χ0v) is 10.4. The molecule has 0 spiro atoms. The third kappa shape index (κ3) is 4.47. The van der Waals surface area contributed by atoms with Crippen LogP contribution in [0.2, 0.25) is 0 Å². The van der Waals surface area contributed by atoms with Gasteiger partial charge in [-0.15, -0.1) is 22.9 Å². The van der Waals surface area contributed by atoms with E-state index in [0.717, 1.165) is 6.42 Å². The van der Waals surface area contributed by atoms with Crippen molar-refractivity contribution in [2.24, 2.45) is 0 Å². The van der Waals surface area contributed by atoms with Crippen LogP contribution in [0.15, 0.2) is 17.5 Å². The van der Waals surface area contributed by atoms with E-state index in [4.69, 9.17) is 11.6 Å². The van der Waals surface area contributed by atoms with Gasteiger partial charge in [0.05, 0.1) is 5.38 Å².